The lowest BCUT2D eigenvalue weighted by Crippen LogP contribution is -2.50. The molecule has 0 saturated heterocycles. The van der Waals surface area contributed by atoms with Gasteiger partial charge in [-0.3, -0.25) is 4.79 Å². The van der Waals surface area contributed by atoms with Crippen molar-refractivity contribution >= 4 is 51.5 Å². The number of carboxylic acids is 1. The van der Waals surface area contributed by atoms with E-state index in [2.05, 4.69) is 96.1 Å². The highest BCUT2D eigenvalue weighted by molar-refractivity contribution is 5.91. The molecule has 270 valence electrons. The van der Waals surface area contributed by atoms with Gasteiger partial charge in [0.05, 0.1) is 6.54 Å². The van der Waals surface area contributed by atoms with Crippen molar-refractivity contribution in [2.24, 2.45) is 0 Å². The van der Waals surface area contributed by atoms with Gasteiger partial charge < -0.3 is 40.7 Å². The van der Waals surface area contributed by atoms with Crippen LogP contribution in [0.2, 0.25) is 0 Å². The maximum atomic E-state index is 12.1. The number of halogens is 6. The van der Waals surface area contributed by atoms with E-state index in [1.165, 1.54) is 33.2 Å². The number of fused-ring (bicyclic) bond motifs is 2. The van der Waals surface area contributed by atoms with Gasteiger partial charge in [-0.1, -0.05) is 0 Å². The lowest BCUT2D eigenvalue weighted by atomic mass is 10.1. The first-order valence-electron chi connectivity index (χ1n) is 15.1. The second kappa shape index (κ2) is 23.1. The predicted molar refractivity (Wildman–Crippen MR) is 168 cm³/mol. The Morgan fingerprint density at radius 2 is 1.29 bits per heavy atom. The number of quaternary nitrogens is 1. The average Bonchev–Trinajstić information content (AvgIpc) is 2.99. The van der Waals surface area contributed by atoms with Gasteiger partial charge in [-0.05, 0) is 62.4 Å². The molecule has 0 unspecified atom stereocenters. The molecule has 3 rings (SSSR count). The summed E-state index contributed by atoms with van der Waals surface area (Å²) < 4.78 is 63.0. The van der Waals surface area contributed by atoms with E-state index < -0.39 is 25.3 Å². The first-order valence-corrected chi connectivity index (χ1v) is 15.1. The summed E-state index contributed by atoms with van der Waals surface area (Å²) in [5, 5.41) is 22.6. The van der Waals surface area contributed by atoms with Gasteiger partial charge in [0.15, 0.2) is 0 Å². The van der Waals surface area contributed by atoms with Crippen molar-refractivity contribution in [3.63, 3.8) is 0 Å². The number of nitrogens with zero attached hydrogens (tertiary/aromatic N) is 3. The highest BCUT2D eigenvalue weighted by atomic mass is 19.4. The zero-order chi connectivity index (χ0) is 36.9. The summed E-state index contributed by atoms with van der Waals surface area (Å²) in [5.41, 5.74) is 8.79. The molecule has 0 aliphatic carbocycles. The number of rotatable bonds is 13. The van der Waals surface area contributed by atoms with Crippen LogP contribution >= 0.6 is 0 Å². The Morgan fingerprint density at radius 3 is 1.69 bits per heavy atom. The number of carboxylic acid groups (broad SMARTS) is 2. The molecule has 0 atom stereocenters. The van der Waals surface area contributed by atoms with Crippen molar-refractivity contribution in [3.8, 4) is 0 Å². The van der Waals surface area contributed by atoms with Crippen molar-refractivity contribution in [1.29, 1.82) is 0 Å². The van der Waals surface area contributed by atoms with Crippen molar-refractivity contribution in [2.75, 3.05) is 51.1 Å². The molecule has 0 radical (unpaired) electrons. The van der Waals surface area contributed by atoms with E-state index in [0.717, 1.165) is 58.2 Å². The van der Waals surface area contributed by atoms with Crippen LogP contribution in [-0.4, -0.2) is 72.5 Å². The van der Waals surface area contributed by atoms with Gasteiger partial charge in [-0.2, -0.15) is 30.9 Å². The number of carbonyl (C=O) groups is 3. The normalized spacial score (nSPS) is 10.6. The molecule has 0 saturated carbocycles. The zero-order valence-corrected chi connectivity index (χ0v) is 27.6. The van der Waals surface area contributed by atoms with E-state index in [4.69, 9.17) is 19.8 Å². The van der Waals surface area contributed by atoms with Crippen LogP contribution in [0.3, 0.4) is 0 Å². The molecule has 1 amide bonds. The molecule has 1 heterocycles. The quantitative estimate of drug-likeness (QED) is 0.0919. The highest BCUT2D eigenvalue weighted by Gasteiger charge is 2.28. The van der Waals surface area contributed by atoms with Gasteiger partial charge in [0.25, 0.3) is 0 Å². The fraction of sp³-hybridized carbons (Fsp3) is 0.500. The van der Waals surface area contributed by atoms with E-state index in [1.54, 1.807) is 0 Å². The summed E-state index contributed by atoms with van der Waals surface area (Å²) in [4.78, 5) is 33.5. The molecule has 0 fully saturated rings. The molecule has 2 aromatic carbocycles. The number of pyridine rings is 1. The third-order valence-electron chi connectivity index (χ3n) is 6.72. The van der Waals surface area contributed by atoms with Crippen LogP contribution in [0, 0.1) is 0 Å². The maximum Gasteiger partial charge on any atom is 0.430 e. The summed E-state index contributed by atoms with van der Waals surface area (Å²) in [5.74, 6) is -2.82. The lowest BCUT2D eigenvalue weighted by Gasteiger charge is -2.15. The molecular weight excluding hydrogens is 648 g/mol. The number of aliphatic carboxylic acids is 1. The van der Waals surface area contributed by atoms with Crippen LogP contribution in [-0.2, 0) is 20.9 Å². The Morgan fingerprint density at radius 1 is 0.854 bits per heavy atom. The Labute approximate surface area is 276 Å². The molecule has 0 spiro atoms. The molecule has 0 aliphatic rings. The molecule has 0 bridgehead atoms. The first kappa shape index (κ1) is 43.7. The Kier molecular flexibility index (Phi) is 21.0. The number of unbranched alkanes of at least 4 members (excludes halogenated alkanes) is 4. The Bertz CT molecular complexity index is 1340. The topological polar surface area (TPSA) is 147 Å². The van der Waals surface area contributed by atoms with Crippen LogP contribution in [0.1, 0.15) is 44.9 Å². The predicted octanol–water partition coefficient (Wildman–Crippen LogP) is 2.34. The SMILES string of the molecule is CN(C)c1ccc2cc3ccc(N(C)C)cc3[n+](CCCCCC(=O)NCCCCC[NH3+])c2c1.FC(F)F.O=C([O-])C(F)(F)F.O=C[O-]. The van der Waals surface area contributed by atoms with Crippen LogP contribution < -0.4 is 35.6 Å². The van der Waals surface area contributed by atoms with Crippen LogP contribution in [0.15, 0.2) is 42.5 Å². The minimum absolute atomic E-state index is 0.184. The Hall–Kier alpha value is -4.34. The van der Waals surface area contributed by atoms with E-state index in [-0.39, 0.29) is 5.91 Å². The smallest absolute Gasteiger partial charge is 0.430 e. The summed E-state index contributed by atoms with van der Waals surface area (Å²) in [6.45, 7) is -1.46. The minimum atomic E-state index is -5.19. The second-order valence-electron chi connectivity index (χ2n) is 10.8. The maximum absolute atomic E-state index is 12.1. The zero-order valence-electron chi connectivity index (χ0n) is 27.6. The van der Waals surface area contributed by atoms with Crippen molar-refractivity contribution in [1.82, 2.24) is 5.32 Å². The molecule has 4 N–H and O–H groups in total. The highest BCUT2D eigenvalue weighted by Crippen LogP contribution is 2.25. The lowest BCUT2D eigenvalue weighted by molar-refractivity contribution is -0.645. The number of aromatic nitrogens is 1. The summed E-state index contributed by atoms with van der Waals surface area (Å²) in [6, 6.07) is 15.7. The van der Waals surface area contributed by atoms with Crippen LogP contribution in [0.5, 0.6) is 0 Å². The molecule has 1 aromatic heterocycles. The van der Waals surface area contributed by atoms with Crippen LogP contribution in [0.4, 0.5) is 37.7 Å². The molecule has 3 aromatic rings. The van der Waals surface area contributed by atoms with Gasteiger partial charge in [-0.15, -0.1) is 0 Å². The van der Waals surface area contributed by atoms with E-state index >= 15 is 0 Å². The monoisotopic (exact) mass is 693 g/mol. The van der Waals surface area contributed by atoms with Gasteiger partial charge in [0, 0.05) is 88.3 Å². The summed E-state index contributed by atoms with van der Waals surface area (Å²) in [6.07, 6.45) is 1.78. The molecule has 16 heteroatoms. The fourth-order valence-corrected chi connectivity index (χ4v) is 4.40. The number of hydrogen-bond donors (Lipinski definition) is 2. The number of aryl methyl sites for hydroxylation is 1. The molecule has 48 heavy (non-hydrogen) atoms. The summed E-state index contributed by atoms with van der Waals surface area (Å²) >= 11 is 0. The van der Waals surface area contributed by atoms with Gasteiger partial charge in [-0.25, -0.2) is 0 Å². The number of alkyl halides is 6. The van der Waals surface area contributed by atoms with Gasteiger partial charge >= 0.3 is 12.9 Å². The number of carbonyl (C=O) groups excluding carboxylic acids is 3. The van der Waals surface area contributed by atoms with Crippen molar-refractivity contribution < 1.29 is 61.2 Å². The molecular formula is C32H45F6N5O5. The van der Waals surface area contributed by atoms with E-state index in [1.807, 2.05) is 0 Å². The number of benzene rings is 2. The largest absolute Gasteiger partial charge is 0.554 e. The van der Waals surface area contributed by atoms with Crippen molar-refractivity contribution in [3.05, 3.63) is 42.5 Å². The van der Waals surface area contributed by atoms with E-state index in [9.17, 15) is 31.1 Å². The minimum Gasteiger partial charge on any atom is -0.554 e. The number of amides is 1. The van der Waals surface area contributed by atoms with Gasteiger partial charge in [0.2, 0.25) is 16.9 Å². The van der Waals surface area contributed by atoms with Gasteiger partial charge in [0.1, 0.15) is 12.5 Å². The Balaban J connectivity index is 0.00000133. The van der Waals surface area contributed by atoms with E-state index in [0.29, 0.717) is 6.42 Å². The number of anilines is 2. The fourth-order valence-electron chi connectivity index (χ4n) is 4.40. The summed E-state index contributed by atoms with van der Waals surface area (Å²) in [7, 11) is 8.34. The van der Waals surface area contributed by atoms with Crippen LogP contribution in [0.25, 0.3) is 21.8 Å². The third kappa shape index (κ3) is 17.5. The number of nitrogens with one attached hydrogen (secondary N) is 1. The number of hydrogen-bond acceptors (Lipinski definition) is 7. The average molecular weight is 694 g/mol. The second-order valence-corrected chi connectivity index (χ2v) is 10.8. The molecule has 10 nitrogen and oxygen atoms in total. The standard InChI is InChI=1S/C28H41N5O.C2HF3O2.CHF3.CH2O2/c1-31(2)24-14-12-22-19-23-13-15-25(32(3)4)21-27(23)33(26(22)20-24)18-10-5-7-11-28(34)30-17-9-6-8-16-29;3-2(4,5)1(6)7;2-1(3)4;2-1-3/h12-15,19-21H,5-11,16-18,29H2,1-4H3;(H,6,7);1H;1H,(H,2,3). The third-order valence-corrected chi connectivity index (χ3v) is 6.72. The molecule has 0 aliphatic heterocycles. The first-order chi connectivity index (χ1) is 22.5. The van der Waals surface area contributed by atoms with Crippen molar-refractivity contribution in [2.45, 2.75) is 64.3 Å².